The summed E-state index contributed by atoms with van der Waals surface area (Å²) >= 11 is 4.97. The van der Waals surface area contributed by atoms with Crippen molar-refractivity contribution in [3.63, 3.8) is 0 Å². The van der Waals surface area contributed by atoms with Crippen molar-refractivity contribution in [1.29, 1.82) is 0 Å². The third-order valence-corrected chi connectivity index (χ3v) is 8.06. The van der Waals surface area contributed by atoms with Crippen LogP contribution >= 0.6 is 34.9 Å². The number of hydrogen-bond acceptors (Lipinski definition) is 9. The van der Waals surface area contributed by atoms with E-state index in [-0.39, 0.29) is 5.25 Å². The first kappa shape index (κ1) is 21.2. The van der Waals surface area contributed by atoms with E-state index in [4.69, 9.17) is 9.51 Å². The molecule has 0 bridgehead atoms. The normalized spacial score (nSPS) is 12.4. The summed E-state index contributed by atoms with van der Waals surface area (Å²) in [6.45, 7) is 4.93. The summed E-state index contributed by atoms with van der Waals surface area (Å²) in [5.41, 5.74) is 1.97. The van der Waals surface area contributed by atoms with Crippen molar-refractivity contribution in [1.82, 2.24) is 29.9 Å². The van der Waals surface area contributed by atoms with Crippen molar-refractivity contribution < 1.29 is 4.52 Å². The molecule has 5 rings (SSSR count). The van der Waals surface area contributed by atoms with Gasteiger partial charge in [0.2, 0.25) is 11.7 Å². The van der Waals surface area contributed by atoms with Gasteiger partial charge in [0.1, 0.15) is 5.82 Å². The molecular weight excluding hydrogens is 460 g/mol. The lowest BCUT2D eigenvalue weighted by Crippen LogP contribution is -2.03. The zero-order valence-corrected chi connectivity index (χ0v) is 20.0. The van der Waals surface area contributed by atoms with Gasteiger partial charge in [0.25, 0.3) is 0 Å². The molecule has 0 aliphatic rings. The highest BCUT2D eigenvalue weighted by Crippen LogP contribution is 2.35. The quantitative estimate of drug-likeness (QED) is 0.246. The van der Waals surface area contributed by atoms with E-state index in [1.165, 1.54) is 4.70 Å². The summed E-state index contributed by atoms with van der Waals surface area (Å²) in [5, 5.41) is 13.8. The third-order valence-electron chi connectivity index (χ3n) is 4.81. The number of hydrogen-bond donors (Lipinski definition) is 0. The lowest BCUT2D eigenvalue weighted by molar-refractivity contribution is 0.380. The van der Waals surface area contributed by atoms with Gasteiger partial charge < -0.3 is 9.09 Å². The minimum Gasteiger partial charge on any atom is -0.338 e. The Balaban J connectivity index is 1.28. The Bertz CT molecular complexity index is 1300. The summed E-state index contributed by atoms with van der Waals surface area (Å²) in [5.74, 6) is 2.82. The number of fused-ring (bicyclic) bond motifs is 1. The Kier molecular flexibility index (Phi) is 6.24. The SMILES string of the molecule is CCn1c(CSc2nc3ccccc3s2)nnc1SC(C)c1nc(-c2ccccc2)no1. The van der Waals surface area contributed by atoms with Crippen molar-refractivity contribution in [2.24, 2.45) is 0 Å². The van der Waals surface area contributed by atoms with Gasteiger partial charge in [-0.3, -0.25) is 0 Å². The third kappa shape index (κ3) is 4.43. The monoisotopic (exact) mass is 480 g/mol. The van der Waals surface area contributed by atoms with E-state index in [0.29, 0.717) is 17.5 Å². The maximum atomic E-state index is 5.52. The molecule has 7 nitrogen and oxygen atoms in total. The van der Waals surface area contributed by atoms with Crippen LogP contribution in [0, 0.1) is 0 Å². The second kappa shape index (κ2) is 9.43. The number of nitrogens with zero attached hydrogens (tertiary/aromatic N) is 6. The first-order valence-corrected chi connectivity index (χ1v) is 12.9. The second-order valence-corrected chi connectivity index (χ2v) is 10.5. The Morgan fingerprint density at radius 1 is 1.03 bits per heavy atom. The number of thiazole rings is 1. The van der Waals surface area contributed by atoms with Gasteiger partial charge in [-0.15, -0.1) is 21.5 Å². The van der Waals surface area contributed by atoms with Gasteiger partial charge in [-0.2, -0.15) is 4.98 Å². The molecule has 0 saturated heterocycles. The van der Waals surface area contributed by atoms with Crippen molar-refractivity contribution in [3.05, 3.63) is 66.3 Å². The topological polar surface area (TPSA) is 82.5 Å². The van der Waals surface area contributed by atoms with Gasteiger partial charge in [0.15, 0.2) is 9.50 Å². The van der Waals surface area contributed by atoms with E-state index in [9.17, 15) is 0 Å². The molecule has 0 N–H and O–H groups in total. The molecule has 0 aliphatic heterocycles. The van der Waals surface area contributed by atoms with Crippen molar-refractivity contribution in [2.45, 2.75) is 40.9 Å². The first-order chi connectivity index (χ1) is 15.7. The summed E-state index contributed by atoms with van der Waals surface area (Å²) < 4.78 is 9.89. The van der Waals surface area contributed by atoms with Crippen LogP contribution < -0.4 is 0 Å². The van der Waals surface area contributed by atoms with Crippen molar-refractivity contribution >= 4 is 45.1 Å². The minimum atomic E-state index is -0.0424. The second-order valence-electron chi connectivity index (χ2n) is 6.96. The Hall–Kier alpha value is -2.69. The van der Waals surface area contributed by atoms with Gasteiger partial charge in [-0.25, -0.2) is 4.98 Å². The van der Waals surface area contributed by atoms with Gasteiger partial charge in [0, 0.05) is 12.1 Å². The molecule has 3 aromatic heterocycles. The standard InChI is InChI=1S/C22H20N6OS3/c1-3-28-18(13-30-22-23-16-11-7-8-12-17(16)32-22)25-26-21(28)31-14(2)20-24-19(27-29-20)15-9-5-4-6-10-15/h4-12,14H,3,13H2,1-2H3. The van der Waals surface area contributed by atoms with E-state index in [0.717, 1.165) is 32.9 Å². The molecule has 0 amide bonds. The number of thioether (sulfide) groups is 2. The van der Waals surface area contributed by atoms with E-state index >= 15 is 0 Å². The highest BCUT2D eigenvalue weighted by molar-refractivity contribution is 8.00. The molecule has 0 aliphatic carbocycles. The minimum absolute atomic E-state index is 0.0424. The number of para-hydroxylation sites is 1. The fourth-order valence-electron chi connectivity index (χ4n) is 3.18. The lowest BCUT2D eigenvalue weighted by Gasteiger charge is -2.08. The first-order valence-electron chi connectivity index (χ1n) is 10.2. The number of benzene rings is 2. The van der Waals surface area contributed by atoms with E-state index < -0.39 is 0 Å². The largest absolute Gasteiger partial charge is 0.338 e. The zero-order chi connectivity index (χ0) is 21.9. The van der Waals surface area contributed by atoms with Crippen molar-refractivity contribution in [3.8, 4) is 11.4 Å². The summed E-state index contributed by atoms with van der Waals surface area (Å²) in [7, 11) is 0. The molecular formula is C22H20N6OS3. The van der Waals surface area contributed by atoms with Crippen LogP contribution in [-0.2, 0) is 12.3 Å². The van der Waals surface area contributed by atoms with Crippen LogP contribution in [-0.4, -0.2) is 29.9 Å². The maximum absolute atomic E-state index is 5.52. The van der Waals surface area contributed by atoms with Gasteiger partial charge in [-0.1, -0.05) is 71.1 Å². The fourth-order valence-corrected chi connectivity index (χ4v) is 6.15. The van der Waals surface area contributed by atoms with Crippen LogP contribution in [0.4, 0.5) is 0 Å². The van der Waals surface area contributed by atoms with E-state index in [1.54, 1.807) is 34.9 Å². The average molecular weight is 481 g/mol. The van der Waals surface area contributed by atoms with Crippen molar-refractivity contribution in [2.75, 3.05) is 0 Å². The fraction of sp³-hybridized carbons (Fsp3) is 0.227. The van der Waals surface area contributed by atoms with Gasteiger partial charge in [-0.05, 0) is 26.0 Å². The highest BCUT2D eigenvalue weighted by Gasteiger charge is 2.21. The van der Waals surface area contributed by atoms with Crippen LogP contribution in [0.5, 0.6) is 0 Å². The molecule has 32 heavy (non-hydrogen) atoms. The van der Waals surface area contributed by atoms with Crippen LogP contribution in [0.25, 0.3) is 21.6 Å². The molecule has 0 fully saturated rings. The molecule has 3 heterocycles. The maximum Gasteiger partial charge on any atom is 0.240 e. The molecule has 2 aromatic carbocycles. The molecule has 1 atom stereocenters. The summed E-state index contributed by atoms with van der Waals surface area (Å²) in [6, 6.07) is 18.0. The summed E-state index contributed by atoms with van der Waals surface area (Å²) in [6.07, 6.45) is 0. The molecule has 0 saturated carbocycles. The number of rotatable bonds is 8. The lowest BCUT2D eigenvalue weighted by atomic mass is 10.2. The Labute approximate surface area is 197 Å². The Morgan fingerprint density at radius 3 is 2.66 bits per heavy atom. The molecule has 0 radical (unpaired) electrons. The van der Waals surface area contributed by atoms with Crippen LogP contribution in [0.1, 0.15) is 30.8 Å². The van der Waals surface area contributed by atoms with Crippen LogP contribution in [0.3, 0.4) is 0 Å². The van der Waals surface area contributed by atoms with E-state index in [1.807, 2.05) is 55.5 Å². The molecule has 5 aromatic rings. The molecule has 0 spiro atoms. The van der Waals surface area contributed by atoms with Gasteiger partial charge >= 0.3 is 0 Å². The van der Waals surface area contributed by atoms with Crippen LogP contribution in [0.15, 0.2) is 68.6 Å². The predicted octanol–water partition coefficient (Wildman–Crippen LogP) is 6.10. The average Bonchev–Trinajstić information content (AvgIpc) is 3.56. The molecule has 162 valence electrons. The highest BCUT2D eigenvalue weighted by atomic mass is 32.2. The number of aromatic nitrogens is 6. The van der Waals surface area contributed by atoms with Gasteiger partial charge in [0.05, 0.1) is 21.2 Å². The molecule has 10 heteroatoms. The predicted molar refractivity (Wildman–Crippen MR) is 129 cm³/mol. The van der Waals surface area contributed by atoms with Crippen LogP contribution in [0.2, 0.25) is 0 Å². The summed E-state index contributed by atoms with van der Waals surface area (Å²) in [4.78, 5) is 9.27. The van der Waals surface area contributed by atoms with E-state index in [2.05, 4.69) is 37.9 Å². The Morgan fingerprint density at radius 2 is 1.84 bits per heavy atom. The molecule has 1 unspecified atom stereocenters. The zero-order valence-electron chi connectivity index (χ0n) is 17.5. The smallest absolute Gasteiger partial charge is 0.240 e.